The zero-order chi connectivity index (χ0) is 79.9. The van der Waals surface area contributed by atoms with Crippen LogP contribution < -0.4 is 31.1 Å². The molecule has 0 unspecified atom stereocenters. The van der Waals surface area contributed by atoms with Crippen LogP contribution >= 0.6 is 12.4 Å². The number of benzene rings is 4. The molecule has 628 valence electrons. The predicted molar refractivity (Wildman–Crippen MR) is 427 cm³/mol. The first-order valence-corrected chi connectivity index (χ1v) is 40.4. The van der Waals surface area contributed by atoms with Gasteiger partial charge in [-0.1, -0.05) is 171 Å². The summed E-state index contributed by atoms with van der Waals surface area (Å²) in [5, 5.41) is 25.5. The van der Waals surface area contributed by atoms with Crippen molar-refractivity contribution in [2.45, 2.75) is 225 Å². The normalized spacial score (nSPS) is 26.3. The molecule has 115 heavy (non-hydrogen) atoms. The Bertz CT molecular complexity index is 4700. The minimum absolute atomic E-state index is 0. The number of aliphatic carboxylic acids is 1. The Hall–Kier alpha value is -9.47. The number of nitrogens with one attached hydrogen (secondary N) is 5. The van der Waals surface area contributed by atoms with E-state index in [1.165, 1.54) is 9.80 Å². The zero-order valence-electron chi connectivity index (χ0n) is 62.6. The smallest absolute Gasteiger partial charge is 0.407 e. The van der Waals surface area contributed by atoms with Crippen molar-refractivity contribution in [3.63, 3.8) is 0 Å². The highest BCUT2D eigenvalue weighted by Gasteiger charge is 2.67. The summed E-state index contributed by atoms with van der Waals surface area (Å²) in [6.45, 7) is 10.8. The molecule has 0 spiro atoms. The molecule has 27 nitrogen and oxygen atoms in total. The SMILES string of the molecule is C.C.C.CC(C)(C)[C@@H]1NC(=O)OCCCC/C=C/c2ccc3c(c2)C(=NO[C@@H]2C[C@@H](C(=O)N[C@]4(C(=O)NS(=O)(=O)C5CC5)C[C@H]4C(F)F)N(C2)C1=O)c1ccccc1-3.CC(C)(C)[C@@H]1NC(=O)OCCCC/C=C/c2ccc3c(c2)C(=NO[C@@H]2C[C@@H](C(=O)O)N(C2)C1=O)c1ccccc1-3.Cl.N[C@]1(C(=O)NS(=O)(=O)C2CC2)C[C@H]1C(F)F. The van der Waals surface area contributed by atoms with Gasteiger partial charge in [0, 0.05) is 41.0 Å². The van der Waals surface area contributed by atoms with E-state index < -0.39 is 168 Å². The molecule has 8 N–H and O–H groups in total. The van der Waals surface area contributed by atoms with Gasteiger partial charge < -0.3 is 55.7 Å². The van der Waals surface area contributed by atoms with E-state index in [1.807, 2.05) is 104 Å². The monoisotopic (exact) mass is 1660 g/mol. The zero-order valence-corrected chi connectivity index (χ0v) is 65.1. The number of alkyl carbamates (subject to hydrolysis) is 2. The molecule has 4 heterocycles. The van der Waals surface area contributed by atoms with Gasteiger partial charge in [-0.15, -0.1) is 12.4 Å². The lowest BCUT2D eigenvalue weighted by Gasteiger charge is -2.35. The van der Waals surface area contributed by atoms with E-state index >= 15 is 0 Å². The number of carbonyl (C=O) groups excluding carboxylic acids is 7. The number of nitrogens with zero attached hydrogens (tertiary/aromatic N) is 4. The van der Waals surface area contributed by atoms with Crippen molar-refractivity contribution in [2.75, 3.05) is 26.3 Å². The van der Waals surface area contributed by atoms with Gasteiger partial charge in [-0.2, -0.15) is 0 Å². The minimum atomic E-state index is -4.12. The number of nitrogens with two attached hydrogens (primary N) is 1. The number of hydrogen-bond donors (Lipinski definition) is 7. The van der Waals surface area contributed by atoms with Crippen LogP contribution in [0.5, 0.6) is 0 Å². The Balaban J connectivity index is 0.000000241. The number of allylic oxidation sites excluding steroid dienone is 2. The topological polar surface area (TPSA) is 379 Å². The van der Waals surface area contributed by atoms with Gasteiger partial charge in [-0.05, 0) is 133 Å². The third-order valence-corrected chi connectivity index (χ3v) is 25.1. The lowest BCUT2D eigenvalue weighted by Crippen LogP contribution is -2.60. The van der Waals surface area contributed by atoms with Crippen molar-refractivity contribution in [1.29, 1.82) is 0 Å². The summed E-state index contributed by atoms with van der Waals surface area (Å²) in [7, 11) is -7.83. The second-order valence-electron chi connectivity index (χ2n) is 32.0. The molecule has 10 atom stereocenters. The lowest BCUT2D eigenvalue weighted by atomic mass is 9.85. The molecule has 6 fully saturated rings. The number of amides is 7. The maximum absolute atomic E-state index is 14.5. The number of rotatable bonds is 11. The van der Waals surface area contributed by atoms with Crippen LogP contribution in [-0.4, -0.2) is 188 Å². The molecule has 4 aliphatic heterocycles. The first kappa shape index (κ1) is 91.1. The fourth-order valence-electron chi connectivity index (χ4n) is 14.6. The van der Waals surface area contributed by atoms with Crippen LogP contribution in [0.15, 0.2) is 107 Å². The maximum atomic E-state index is 14.5. The van der Waals surface area contributed by atoms with Crippen molar-refractivity contribution in [2.24, 2.45) is 38.7 Å². The molecule has 7 amide bonds. The molecule has 8 bridgehead atoms. The summed E-state index contributed by atoms with van der Waals surface area (Å²) in [6.07, 6.45) is 4.78. The molecule has 2 saturated heterocycles. The Morgan fingerprint density at radius 1 is 0.565 bits per heavy atom. The van der Waals surface area contributed by atoms with E-state index in [4.69, 9.17) is 24.9 Å². The molecular weight excluding hydrogens is 1560 g/mol. The number of halogens is 5. The summed E-state index contributed by atoms with van der Waals surface area (Å²) in [6, 6.07) is 23.3. The first-order chi connectivity index (χ1) is 52.5. The van der Waals surface area contributed by atoms with Crippen molar-refractivity contribution in [1.82, 2.24) is 35.2 Å². The van der Waals surface area contributed by atoms with Gasteiger partial charge in [0.05, 0.1) is 42.7 Å². The molecule has 34 heteroatoms. The van der Waals surface area contributed by atoms with E-state index in [-0.39, 0.29) is 80.3 Å². The molecule has 4 aromatic rings. The van der Waals surface area contributed by atoms with Crippen molar-refractivity contribution in [3.05, 3.63) is 130 Å². The number of sulfonamides is 2. The molecular formula is C81H105ClF4N10O17S2. The number of carboxylic acids is 1. The van der Waals surface area contributed by atoms with Crippen LogP contribution in [0.25, 0.3) is 34.4 Å². The number of alkyl halides is 4. The molecule has 10 aliphatic rings. The molecule has 4 aromatic carbocycles. The van der Waals surface area contributed by atoms with Crippen LogP contribution in [0.2, 0.25) is 0 Å². The maximum Gasteiger partial charge on any atom is 0.407 e. The van der Waals surface area contributed by atoms with E-state index in [9.17, 15) is 77.9 Å². The fraction of sp³-hybridized carbons (Fsp3) is 0.531. The summed E-state index contributed by atoms with van der Waals surface area (Å²) in [5.41, 5.74) is 10.7. The summed E-state index contributed by atoms with van der Waals surface area (Å²) < 4.78 is 115. The molecule has 14 rings (SSSR count). The highest BCUT2D eigenvalue weighted by molar-refractivity contribution is 7.91. The van der Waals surface area contributed by atoms with Gasteiger partial charge in [0.1, 0.15) is 58.9 Å². The molecule has 6 aliphatic carbocycles. The summed E-state index contributed by atoms with van der Waals surface area (Å²) in [4.78, 5) is 119. The number of carbonyl (C=O) groups is 8. The molecule has 4 saturated carbocycles. The number of hydrogen-bond acceptors (Lipinski definition) is 19. The molecule has 0 radical (unpaired) electrons. The quantitative estimate of drug-likeness (QED) is 0.0592. The second kappa shape index (κ2) is 36.4. The number of fused-ring (bicyclic) bond motifs is 12. The van der Waals surface area contributed by atoms with Crippen LogP contribution in [-0.2, 0) is 68.0 Å². The third kappa shape index (κ3) is 20.5. The number of ether oxygens (including phenoxy) is 2. The van der Waals surface area contributed by atoms with Crippen molar-refractivity contribution in [3.8, 4) is 22.3 Å². The van der Waals surface area contributed by atoms with Crippen molar-refractivity contribution >= 4 is 104 Å². The second-order valence-corrected chi connectivity index (χ2v) is 35.9. The van der Waals surface area contributed by atoms with Crippen LogP contribution in [0, 0.1) is 22.7 Å². The standard InChI is InChI=1S/C39H45F2N5O8S.C31H35N3O6.C8H12F2N2O3S.3CH4.ClH/c1-38(2,3)32-35(48)46-21-23(19-30(46)34(47)43-39(20-29(39)33(40)41)36(49)45-55(51,52)24-14-15-24)54-44-31-27-12-8-7-11-25(27)26-16-13-22(18-28(26)31)10-6-4-5-9-17-53-37(50)42-32;1-31(2,3)27-28(35)34-18-20(17-25(34)29(36)37)40-33-26-23-12-8-7-11-21(23)22-14-13-19(16-24(22)26)10-6-4-5-9-15-39-30(38)32-27;9-6(10)5-3-8(5,11)7(13)12-16(14,15)4-1-2-4;;;;/h6-8,10-13,16,18,23-24,29-30,32-33H,4-5,9,14-15,17,19-21H2,1-3H3,(H,42,50)(H,43,47)(H,45,49);6-8,10-14,16,20,25,27H,4-5,9,15,17-18H2,1-3H3,(H,32,38)(H,36,37);4-6H,1-3,11H2,(H,12,13);3*1H4;1H/b10-6+,44-31?;10-6+,33-26?;;;;;/t23-,29+,30+,32-,39-;20-,25+,27-;5-,8+;;;;/m110..../s1. The highest BCUT2D eigenvalue weighted by atomic mass is 35.5. The van der Waals surface area contributed by atoms with Gasteiger partial charge in [0.15, 0.2) is 0 Å². The van der Waals surface area contributed by atoms with Crippen LogP contribution in [0.3, 0.4) is 0 Å². The van der Waals surface area contributed by atoms with Gasteiger partial charge >= 0.3 is 18.2 Å². The van der Waals surface area contributed by atoms with E-state index in [0.29, 0.717) is 49.9 Å². The largest absolute Gasteiger partial charge is 0.480 e. The van der Waals surface area contributed by atoms with Gasteiger partial charge in [0.2, 0.25) is 50.6 Å². The van der Waals surface area contributed by atoms with E-state index in [0.717, 1.165) is 81.3 Å². The molecule has 0 aromatic heterocycles. The van der Waals surface area contributed by atoms with Gasteiger partial charge in [0.25, 0.3) is 11.8 Å². The number of oxime groups is 2. The predicted octanol–water partition coefficient (Wildman–Crippen LogP) is 11.2. The summed E-state index contributed by atoms with van der Waals surface area (Å²) >= 11 is 0. The Morgan fingerprint density at radius 3 is 1.36 bits per heavy atom. The fourth-order valence-corrected chi connectivity index (χ4v) is 17.3. The average Bonchev–Trinajstić information content (AvgIpc) is 1.57. The first-order valence-electron chi connectivity index (χ1n) is 37.3. The van der Waals surface area contributed by atoms with E-state index in [2.05, 4.69) is 56.6 Å². The third-order valence-electron chi connectivity index (χ3n) is 21.4. The highest BCUT2D eigenvalue weighted by Crippen LogP contribution is 2.50. The summed E-state index contributed by atoms with van der Waals surface area (Å²) in [5.74, 6) is -8.37. The Morgan fingerprint density at radius 2 is 0.965 bits per heavy atom. The Labute approximate surface area is 674 Å². The van der Waals surface area contributed by atoms with Crippen LogP contribution in [0.4, 0.5) is 27.2 Å². The van der Waals surface area contributed by atoms with E-state index in [1.54, 1.807) is 25.5 Å². The Kier molecular flexibility index (Phi) is 28.8. The average molecular weight is 1670 g/mol. The minimum Gasteiger partial charge on any atom is -0.480 e. The van der Waals surface area contributed by atoms with Gasteiger partial charge in [-0.25, -0.2) is 48.8 Å². The van der Waals surface area contributed by atoms with Crippen LogP contribution in [0.1, 0.15) is 187 Å². The van der Waals surface area contributed by atoms with Crippen molar-refractivity contribution < 1.29 is 97.0 Å². The van der Waals surface area contributed by atoms with Gasteiger partial charge in [-0.3, -0.25) is 33.4 Å². The number of cyclic esters (lactones) is 2. The lowest BCUT2D eigenvalue weighted by molar-refractivity contribution is -0.150. The number of carboxylic acid groups (broad SMARTS) is 1.